The van der Waals surface area contributed by atoms with E-state index in [-0.39, 0.29) is 32.0 Å². The second-order valence-corrected chi connectivity index (χ2v) is 8.87. The van der Waals surface area contributed by atoms with Gasteiger partial charge in [-0.05, 0) is 18.6 Å². The minimum atomic E-state index is -0.435. The Balaban J connectivity index is 1.85. The number of hydrogen-bond acceptors (Lipinski definition) is 5. The lowest BCUT2D eigenvalue weighted by Crippen LogP contribution is -2.14. The summed E-state index contributed by atoms with van der Waals surface area (Å²) >= 11 is 5.98. The van der Waals surface area contributed by atoms with Gasteiger partial charge in [-0.2, -0.15) is 0 Å². The van der Waals surface area contributed by atoms with Gasteiger partial charge in [0.15, 0.2) is 0 Å². The van der Waals surface area contributed by atoms with Crippen LogP contribution in [0.25, 0.3) is 0 Å². The molecule has 1 rings (SSSR count). The summed E-state index contributed by atoms with van der Waals surface area (Å²) in [5.41, 5.74) is 0. The lowest BCUT2D eigenvalue weighted by Gasteiger charge is -2.08. The molecule has 0 saturated heterocycles. The molecular weight excluding hydrogens is 440 g/mol. The molecule has 188 valence electrons. The predicted octanol–water partition coefficient (Wildman–Crippen LogP) is 7.68. The van der Waals surface area contributed by atoms with E-state index in [2.05, 4.69) is 6.92 Å². The van der Waals surface area contributed by atoms with Crippen molar-refractivity contribution in [3.05, 3.63) is 29.3 Å². The van der Waals surface area contributed by atoms with Crippen LogP contribution in [0.3, 0.4) is 0 Å². The van der Waals surface area contributed by atoms with Crippen LogP contribution in [0.4, 0.5) is 0 Å². The molecular formula is C27H43ClO5. The van der Waals surface area contributed by atoms with Crippen LogP contribution in [0, 0.1) is 0 Å². The van der Waals surface area contributed by atoms with Crippen molar-refractivity contribution in [1.82, 2.24) is 0 Å². The van der Waals surface area contributed by atoms with Gasteiger partial charge in [-0.3, -0.25) is 9.59 Å². The van der Waals surface area contributed by atoms with Crippen molar-refractivity contribution < 1.29 is 23.8 Å². The monoisotopic (exact) mass is 482 g/mol. The van der Waals surface area contributed by atoms with E-state index in [1.807, 2.05) is 12.1 Å². The van der Waals surface area contributed by atoms with E-state index in [0.29, 0.717) is 17.4 Å². The summed E-state index contributed by atoms with van der Waals surface area (Å²) in [5, 5.41) is 0.509. The average molecular weight is 483 g/mol. The predicted molar refractivity (Wildman–Crippen MR) is 134 cm³/mol. The van der Waals surface area contributed by atoms with Gasteiger partial charge in [0.2, 0.25) is 0 Å². The number of unbranched alkanes of at least 4 members (excludes halogenated alkanes) is 12. The van der Waals surface area contributed by atoms with Crippen molar-refractivity contribution in [2.75, 3.05) is 19.8 Å². The van der Waals surface area contributed by atoms with Crippen molar-refractivity contribution in [2.45, 2.75) is 103 Å². The highest BCUT2D eigenvalue weighted by Gasteiger charge is 2.09. The summed E-state index contributed by atoms with van der Waals surface area (Å²) in [6.07, 6.45) is 16.7. The molecule has 0 spiro atoms. The maximum atomic E-state index is 11.7. The minimum absolute atomic E-state index is 0.0174. The highest BCUT2D eigenvalue weighted by molar-refractivity contribution is 6.32. The summed E-state index contributed by atoms with van der Waals surface area (Å²) in [7, 11) is 0. The molecule has 0 aliphatic rings. The first-order chi connectivity index (χ1) is 16.1. The van der Waals surface area contributed by atoms with E-state index in [4.69, 9.17) is 25.8 Å². The Labute approximate surface area is 205 Å². The molecule has 0 atom stereocenters. The van der Waals surface area contributed by atoms with Gasteiger partial charge in [0.05, 0.1) is 24.5 Å². The Bertz CT molecular complexity index is 635. The van der Waals surface area contributed by atoms with Crippen LogP contribution in [0.5, 0.6) is 5.75 Å². The zero-order valence-electron chi connectivity index (χ0n) is 20.5. The van der Waals surface area contributed by atoms with Crippen LogP contribution in [0.15, 0.2) is 24.3 Å². The summed E-state index contributed by atoms with van der Waals surface area (Å²) in [4.78, 5) is 23.5. The first-order valence-corrected chi connectivity index (χ1v) is 13.2. The molecule has 0 bridgehead atoms. The Kier molecular flexibility index (Phi) is 18.5. The Morgan fingerprint density at radius 2 is 1.15 bits per heavy atom. The molecule has 0 heterocycles. The number of carbonyl (C=O) groups is 2. The van der Waals surface area contributed by atoms with Crippen LogP contribution < -0.4 is 4.74 Å². The Morgan fingerprint density at radius 3 is 1.70 bits per heavy atom. The minimum Gasteiger partial charge on any atom is -0.488 e. The van der Waals surface area contributed by atoms with Gasteiger partial charge in [0, 0.05) is 0 Å². The molecule has 0 radical (unpaired) electrons. The first-order valence-electron chi connectivity index (χ1n) is 12.8. The second kappa shape index (κ2) is 20.8. The molecule has 0 aliphatic carbocycles. The van der Waals surface area contributed by atoms with Crippen molar-refractivity contribution in [1.29, 1.82) is 0 Å². The number of halogens is 1. The third-order valence-electron chi connectivity index (χ3n) is 5.48. The van der Waals surface area contributed by atoms with Gasteiger partial charge in [-0.1, -0.05) is 108 Å². The van der Waals surface area contributed by atoms with Crippen LogP contribution in [-0.2, 0) is 19.1 Å². The molecule has 0 saturated carbocycles. The number of benzene rings is 1. The number of carbonyl (C=O) groups excluding carboxylic acids is 2. The third-order valence-corrected chi connectivity index (χ3v) is 5.80. The molecule has 33 heavy (non-hydrogen) atoms. The summed E-state index contributed by atoms with van der Waals surface area (Å²) in [6.45, 7) is 3.00. The van der Waals surface area contributed by atoms with E-state index < -0.39 is 5.97 Å². The van der Waals surface area contributed by atoms with E-state index in [1.165, 1.54) is 70.6 Å². The summed E-state index contributed by atoms with van der Waals surface area (Å²) in [6, 6.07) is 7.11. The smallest absolute Gasteiger partial charge is 0.306 e. The topological polar surface area (TPSA) is 61.8 Å². The fourth-order valence-electron chi connectivity index (χ4n) is 3.52. The molecule has 1 aromatic rings. The molecule has 6 heteroatoms. The molecule has 0 amide bonds. The zero-order valence-corrected chi connectivity index (χ0v) is 21.2. The van der Waals surface area contributed by atoms with Crippen LogP contribution in [-0.4, -0.2) is 31.8 Å². The van der Waals surface area contributed by atoms with Crippen LogP contribution >= 0.6 is 11.6 Å². The standard InChI is InChI=1S/C27H43ClO5/c1-2-3-4-5-6-7-8-9-10-11-12-13-16-21-32-26(29)19-20-27(30)33-23-22-31-25-18-15-14-17-24(25)28/h14-15,17-18H,2-13,16,19-23H2,1H3. The van der Waals surface area contributed by atoms with Crippen molar-refractivity contribution in [3.8, 4) is 5.75 Å². The molecule has 0 aliphatic heterocycles. The maximum Gasteiger partial charge on any atom is 0.306 e. The summed E-state index contributed by atoms with van der Waals surface area (Å²) < 4.78 is 15.7. The fraction of sp³-hybridized carbons (Fsp3) is 0.704. The quantitative estimate of drug-likeness (QED) is 0.133. The highest BCUT2D eigenvalue weighted by atomic mass is 35.5. The van der Waals surface area contributed by atoms with Crippen LogP contribution in [0.2, 0.25) is 5.02 Å². The number of hydrogen-bond donors (Lipinski definition) is 0. The van der Waals surface area contributed by atoms with Gasteiger partial charge < -0.3 is 14.2 Å². The van der Waals surface area contributed by atoms with E-state index in [0.717, 1.165) is 12.8 Å². The number of ether oxygens (including phenoxy) is 3. The maximum absolute atomic E-state index is 11.7. The number of para-hydroxylation sites is 1. The van der Waals surface area contributed by atoms with E-state index >= 15 is 0 Å². The summed E-state index contributed by atoms with van der Waals surface area (Å²) in [5.74, 6) is -0.235. The van der Waals surface area contributed by atoms with Gasteiger partial charge in [0.1, 0.15) is 19.0 Å². The lowest BCUT2D eigenvalue weighted by atomic mass is 10.0. The van der Waals surface area contributed by atoms with Gasteiger partial charge in [0.25, 0.3) is 0 Å². The fourth-order valence-corrected chi connectivity index (χ4v) is 3.71. The van der Waals surface area contributed by atoms with Crippen molar-refractivity contribution >= 4 is 23.5 Å². The van der Waals surface area contributed by atoms with Crippen molar-refractivity contribution in [2.24, 2.45) is 0 Å². The molecule has 0 N–H and O–H groups in total. The number of rotatable bonds is 21. The number of esters is 2. The highest BCUT2D eigenvalue weighted by Crippen LogP contribution is 2.22. The molecule has 0 aromatic heterocycles. The Hall–Kier alpha value is -1.75. The molecule has 0 fully saturated rings. The molecule has 0 unspecified atom stereocenters. The lowest BCUT2D eigenvalue weighted by molar-refractivity contribution is -0.150. The zero-order chi connectivity index (χ0) is 24.0. The van der Waals surface area contributed by atoms with E-state index in [1.54, 1.807) is 12.1 Å². The van der Waals surface area contributed by atoms with Crippen molar-refractivity contribution in [3.63, 3.8) is 0 Å². The van der Waals surface area contributed by atoms with E-state index in [9.17, 15) is 9.59 Å². The molecule has 1 aromatic carbocycles. The average Bonchev–Trinajstić information content (AvgIpc) is 2.81. The van der Waals surface area contributed by atoms with Gasteiger partial charge >= 0.3 is 11.9 Å². The first kappa shape index (κ1) is 29.3. The van der Waals surface area contributed by atoms with Gasteiger partial charge in [-0.15, -0.1) is 0 Å². The normalized spacial score (nSPS) is 10.7. The SMILES string of the molecule is CCCCCCCCCCCCCCCOC(=O)CCC(=O)OCCOc1ccccc1Cl. The second-order valence-electron chi connectivity index (χ2n) is 8.46. The van der Waals surface area contributed by atoms with Crippen LogP contribution in [0.1, 0.15) is 103 Å². The third kappa shape index (κ3) is 17.4. The largest absolute Gasteiger partial charge is 0.488 e. The van der Waals surface area contributed by atoms with Gasteiger partial charge in [-0.25, -0.2) is 0 Å². The Morgan fingerprint density at radius 1 is 0.667 bits per heavy atom. The molecule has 5 nitrogen and oxygen atoms in total.